The topological polar surface area (TPSA) is 59.6 Å². The molecule has 0 aromatic carbocycles. The summed E-state index contributed by atoms with van der Waals surface area (Å²) in [6.45, 7) is 2.56. The van der Waals surface area contributed by atoms with E-state index in [-0.39, 0.29) is 24.1 Å². The Morgan fingerprint density at radius 3 is 2.55 bits per heavy atom. The van der Waals surface area contributed by atoms with Gasteiger partial charge in [0.05, 0.1) is 6.54 Å². The van der Waals surface area contributed by atoms with Gasteiger partial charge in [0, 0.05) is 16.2 Å². The van der Waals surface area contributed by atoms with Crippen LogP contribution in [-0.2, 0) is 17.9 Å². The van der Waals surface area contributed by atoms with E-state index in [9.17, 15) is 4.39 Å². The predicted molar refractivity (Wildman–Crippen MR) is 90.3 cm³/mol. The highest BCUT2D eigenvalue weighted by Gasteiger charge is 2.07. The summed E-state index contributed by atoms with van der Waals surface area (Å²) in [5.41, 5.74) is 5.73. The van der Waals surface area contributed by atoms with Gasteiger partial charge in [0.1, 0.15) is 12.4 Å². The van der Waals surface area contributed by atoms with Crippen LogP contribution >= 0.6 is 22.7 Å². The van der Waals surface area contributed by atoms with Crippen LogP contribution in [0.25, 0.3) is 0 Å². The molecule has 0 amide bonds. The van der Waals surface area contributed by atoms with Crippen LogP contribution in [0.15, 0.2) is 51.7 Å². The van der Waals surface area contributed by atoms with Gasteiger partial charge in [-0.2, -0.15) is 4.99 Å². The van der Waals surface area contributed by atoms with Gasteiger partial charge in [0.25, 0.3) is 6.02 Å². The van der Waals surface area contributed by atoms with Gasteiger partial charge < -0.3 is 15.8 Å². The van der Waals surface area contributed by atoms with Crippen molar-refractivity contribution in [3.63, 3.8) is 0 Å². The summed E-state index contributed by atoms with van der Waals surface area (Å²) in [6.07, 6.45) is 0.245. The van der Waals surface area contributed by atoms with Crippen molar-refractivity contribution >= 4 is 28.7 Å². The lowest BCUT2D eigenvalue weighted by Crippen LogP contribution is -2.20. The fourth-order valence-corrected chi connectivity index (χ4v) is 2.89. The summed E-state index contributed by atoms with van der Waals surface area (Å²) in [6, 6.07) is 7.74. The summed E-state index contributed by atoms with van der Waals surface area (Å²) >= 11 is 3.16. The number of allylic oxidation sites excluding steroid dienone is 1. The van der Waals surface area contributed by atoms with E-state index in [2.05, 4.69) is 10.3 Å². The SMILES string of the molecule is CC/C(F)=C(\N=C(/N)OCc1cccs1)NCc1cccs1. The number of nitrogens with one attached hydrogen (secondary N) is 1. The Kier molecular flexibility index (Phi) is 6.42. The number of hydrogen-bond donors (Lipinski definition) is 2. The molecular weight excluding hydrogens is 321 g/mol. The second kappa shape index (κ2) is 8.55. The van der Waals surface area contributed by atoms with E-state index in [1.54, 1.807) is 29.6 Å². The molecule has 0 fully saturated rings. The van der Waals surface area contributed by atoms with Crippen molar-refractivity contribution in [1.82, 2.24) is 5.32 Å². The number of rotatable bonds is 7. The summed E-state index contributed by atoms with van der Waals surface area (Å²) in [7, 11) is 0. The standard InChI is InChI=1S/C15H18FN3OS2/c1-2-13(16)14(18-9-11-5-3-7-21-11)19-15(17)20-10-12-6-4-8-22-12/h3-8,18H,2,9-10H2,1H3,(H2,17,19)/b14-13+. The molecule has 0 aliphatic carbocycles. The molecule has 2 aromatic rings. The summed E-state index contributed by atoms with van der Waals surface area (Å²) in [5, 5.41) is 6.89. The van der Waals surface area contributed by atoms with Crippen molar-refractivity contribution in [3.05, 3.63) is 56.4 Å². The minimum absolute atomic E-state index is 0.0503. The molecule has 0 saturated heterocycles. The lowest BCUT2D eigenvalue weighted by Gasteiger charge is -2.09. The van der Waals surface area contributed by atoms with Gasteiger partial charge in [-0.05, 0) is 22.9 Å². The van der Waals surface area contributed by atoms with Crippen molar-refractivity contribution in [2.24, 2.45) is 10.7 Å². The van der Waals surface area contributed by atoms with Crippen LogP contribution < -0.4 is 11.1 Å². The van der Waals surface area contributed by atoms with Gasteiger partial charge in [0.2, 0.25) is 0 Å². The summed E-state index contributed by atoms with van der Waals surface area (Å²) in [5.74, 6) is -0.223. The summed E-state index contributed by atoms with van der Waals surface area (Å²) in [4.78, 5) is 6.15. The Morgan fingerprint density at radius 2 is 1.95 bits per heavy atom. The zero-order valence-electron chi connectivity index (χ0n) is 12.2. The number of ether oxygens (including phenoxy) is 1. The number of amidine groups is 1. The first-order valence-electron chi connectivity index (χ1n) is 6.83. The van der Waals surface area contributed by atoms with E-state index in [1.807, 2.05) is 35.0 Å². The summed E-state index contributed by atoms with van der Waals surface area (Å²) < 4.78 is 19.3. The third kappa shape index (κ3) is 5.16. The quantitative estimate of drug-likeness (QED) is 0.592. The van der Waals surface area contributed by atoms with Crippen LogP contribution in [0.3, 0.4) is 0 Å². The first kappa shape index (κ1) is 16.5. The molecule has 22 heavy (non-hydrogen) atoms. The molecule has 0 aliphatic rings. The molecule has 3 N–H and O–H groups in total. The first-order valence-corrected chi connectivity index (χ1v) is 8.59. The van der Waals surface area contributed by atoms with Gasteiger partial charge in [-0.25, -0.2) is 4.39 Å². The predicted octanol–water partition coefficient (Wildman–Crippen LogP) is 3.98. The van der Waals surface area contributed by atoms with Gasteiger partial charge in [0.15, 0.2) is 5.82 Å². The number of nitrogens with two attached hydrogens (primary N) is 1. The number of aliphatic imine (C=N–C) groups is 1. The maximum absolute atomic E-state index is 13.9. The minimum atomic E-state index is -0.348. The average Bonchev–Trinajstić information content (AvgIpc) is 3.21. The van der Waals surface area contributed by atoms with E-state index in [0.29, 0.717) is 13.2 Å². The van der Waals surface area contributed by atoms with Crippen LogP contribution in [0.1, 0.15) is 23.1 Å². The highest BCUT2D eigenvalue weighted by atomic mass is 32.1. The lowest BCUT2D eigenvalue weighted by atomic mass is 10.4. The van der Waals surface area contributed by atoms with E-state index < -0.39 is 0 Å². The van der Waals surface area contributed by atoms with Gasteiger partial charge in [-0.3, -0.25) is 0 Å². The molecule has 0 spiro atoms. The van der Waals surface area contributed by atoms with E-state index in [0.717, 1.165) is 9.75 Å². The third-order valence-electron chi connectivity index (χ3n) is 2.74. The Morgan fingerprint density at radius 1 is 1.27 bits per heavy atom. The zero-order valence-corrected chi connectivity index (χ0v) is 13.8. The molecule has 0 radical (unpaired) electrons. The Bertz CT molecular complexity index is 621. The van der Waals surface area contributed by atoms with E-state index >= 15 is 0 Å². The third-order valence-corrected chi connectivity index (χ3v) is 4.47. The molecule has 0 saturated carbocycles. The monoisotopic (exact) mass is 339 g/mol. The van der Waals surface area contributed by atoms with E-state index in [1.165, 1.54) is 0 Å². The van der Waals surface area contributed by atoms with Gasteiger partial charge >= 0.3 is 0 Å². The van der Waals surface area contributed by atoms with Crippen LogP contribution in [0.5, 0.6) is 0 Å². The molecule has 2 rings (SSSR count). The van der Waals surface area contributed by atoms with Crippen molar-refractivity contribution in [3.8, 4) is 0 Å². The van der Waals surface area contributed by atoms with Gasteiger partial charge in [-0.1, -0.05) is 19.1 Å². The normalized spacial score (nSPS) is 12.9. The second-order valence-electron chi connectivity index (χ2n) is 4.36. The van der Waals surface area contributed by atoms with Crippen molar-refractivity contribution in [2.75, 3.05) is 0 Å². The molecule has 7 heteroatoms. The second-order valence-corrected chi connectivity index (χ2v) is 6.42. The van der Waals surface area contributed by atoms with Crippen LogP contribution in [0, 0.1) is 0 Å². The highest BCUT2D eigenvalue weighted by Crippen LogP contribution is 2.14. The molecule has 2 aromatic heterocycles. The number of nitrogens with zero attached hydrogens (tertiary/aromatic N) is 1. The lowest BCUT2D eigenvalue weighted by molar-refractivity contribution is 0.290. The van der Waals surface area contributed by atoms with Crippen molar-refractivity contribution in [1.29, 1.82) is 0 Å². The molecule has 4 nitrogen and oxygen atoms in total. The smallest absolute Gasteiger partial charge is 0.289 e. The Hall–Kier alpha value is -1.86. The molecule has 2 heterocycles. The number of halogens is 1. The number of thiophene rings is 2. The Balaban J connectivity index is 1.97. The van der Waals surface area contributed by atoms with Crippen molar-refractivity contribution < 1.29 is 9.13 Å². The number of hydrogen-bond acceptors (Lipinski definition) is 5. The first-order chi connectivity index (χ1) is 10.7. The minimum Gasteiger partial charge on any atom is -0.459 e. The van der Waals surface area contributed by atoms with Crippen molar-refractivity contribution in [2.45, 2.75) is 26.5 Å². The molecule has 118 valence electrons. The van der Waals surface area contributed by atoms with Crippen LogP contribution in [0.2, 0.25) is 0 Å². The van der Waals surface area contributed by atoms with Crippen LogP contribution in [0.4, 0.5) is 4.39 Å². The maximum Gasteiger partial charge on any atom is 0.289 e. The fourth-order valence-electron chi connectivity index (χ4n) is 1.63. The zero-order chi connectivity index (χ0) is 15.8. The maximum atomic E-state index is 13.9. The Labute approximate surface area is 137 Å². The molecule has 0 aliphatic heterocycles. The molecular formula is C15H18FN3OS2. The molecule has 0 atom stereocenters. The van der Waals surface area contributed by atoms with Crippen LogP contribution in [-0.4, -0.2) is 6.02 Å². The highest BCUT2D eigenvalue weighted by molar-refractivity contribution is 7.10. The average molecular weight is 339 g/mol. The van der Waals surface area contributed by atoms with E-state index in [4.69, 9.17) is 10.5 Å². The fraction of sp³-hybridized carbons (Fsp3) is 0.267. The van der Waals surface area contributed by atoms with Gasteiger partial charge in [-0.15, -0.1) is 22.7 Å². The molecule has 0 unspecified atom stereocenters. The largest absolute Gasteiger partial charge is 0.459 e. The molecule has 0 bridgehead atoms.